The van der Waals surface area contributed by atoms with Gasteiger partial charge >= 0.3 is 0 Å². The van der Waals surface area contributed by atoms with Crippen LogP contribution in [0.5, 0.6) is 5.75 Å². The molecule has 0 radical (unpaired) electrons. The Morgan fingerprint density at radius 1 is 1.14 bits per heavy atom. The molecule has 2 aromatic carbocycles. The Hall–Kier alpha value is -2.34. The minimum atomic E-state index is -0.233. The van der Waals surface area contributed by atoms with Crippen LogP contribution in [0.3, 0.4) is 0 Å². The van der Waals surface area contributed by atoms with Crippen LogP contribution in [0.4, 0.5) is 10.7 Å². The summed E-state index contributed by atoms with van der Waals surface area (Å²) in [5, 5.41) is 6.49. The first-order chi connectivity index (χ1) is 13.9. The number of ether oxygens (including phenoxy) is 1. The first-order valence-corrected chi connectivity index (χ1v) is 10.7. The second-order valence-electron chi connectivity index (χ2n) is 6.75. The van der Waals surface area contributed by atoms with Crippen molar-refractivity contribution >= 4 is 57.3 Å². The Bertz CT molecular complexity index is 1010. The second kappa shape index (κ2) is 9.92. The lowest BCUT2D eigenvalue weighted by molar-refractivity contribution is 0.102. The summed E-state index contributed by atoms with van der Waals surface area (Å²) in [4.78, 5) is 17.1. The number of amides is 1. The number of hydrogen-bond donors (Lipinski definition) is 1. The number of nitrogens with one attached hydrogen (secondary N) is 1. The number of rotatable bonds is 7. The van der Waals surface area contributed by atoms with Gasteiger partial charge in [0.05, 0.1) is 12.2 Å². The molecule has 1 amide bonds. The third-order valence-corrected chi connectivity index (χ3v) is 5.16. The highest BCUT2D eigenvalue weighted by Crippen LogP contribution is 2.29. The molecule has 150 valence electrons. The lowest BCUT2D eigenvalue weighted by Crippen LogP contribution is -2.10. The van der Waals surface area contributed by atoms with Crippen LogP contribution < -0.4 is 10.1 Å². The number of nitrogens with zero attached hydrogens (tertiary/aromatic N) is 1. The van der Waals surface area contributed by atoms with Crippen molar-refractivity contribution in [2.45, 2.75) is 13.8 Å². The van der Waals surface area contributed by atoms with Crippen LogP contribution in [-0.2, 0) is 0 Å². The fraction of sp³-hybridized carbons (Fsp3) is 0.182. The Labute approximate surface area is 184 Å². The van der Waals surface area contributed by atoms with E-state index in [1.165, 1.54) is 11.3 Å². The van der Waals surface area contributed by atoms with Crippen LogP contribution in [0.2, 0.25) is 10.0 Å². The van der Waals surface area contributed by atoms with E-state index >= 15 is 0 Å². The van der Waals surface area contributed by atoms with Gasteiger partial charge in [-0.2, -0.15) is 0 Å². The largest absolute Gasteiger partial charge is 0.493 e. The monoisotopic (exact) mass is 446 g/mol. The highest BCUT2D eigenvalue weighted by molar-refractivity contribution is 7.14. The summed E-state index contributed by atoms with van der Waals surface area (Å²) in [6.45, 7) is 4.76. The highest BCUT2D eigenvalue weighted by atomic mass is 35.5. The average molecular weight is 447 g/mol. The van der Waals surface area contributed by atoms with E-state index in [-0.39, 0.29) is 5.91 Å². The maximum Gasteiger partial charge on any atom is 0.258 e. The molecule has 0 saturated heterocycles. The molecule has 0 aliphatic rings. The summed E-state index contributed by atoms with van der Waals surface area (Å²) in [6, 6.07) is 14.1. The molecule has 3 aromatic rings. The van der Waals surface area contributed by atoms with E-state index in [9.17, 15) is 4.79 Å². The number of aliphatic imine (C=N–C) groups is 1. The zero-order valence-corrected chi connectivity index (χ0v) is 18.3. The predicted octanol–water partition coefficient (Wildman–Crippen LogP) is 7.09. The van der Waals surface area contributed by atoms with Crippen molar-refractivity contribution in [3.63, 3.8) is 0 Å². The molecule has 0 aliphatic carbocycles. The van der Waals surface area contributed by atoms with Crippen LogP contribution in [0, 0.1) is 5.92 Å². The van der Waals surface area contributed by atoms with Gasteiger partial charge in [-0.1, -0.05) is 37.0 Å². The number of benzene rings is 2. The van der Waals surface area contributed by atoms with Crippen LogP contribution in [0.1, 0.15) is 29.8 Å². The van der Waals surface area contributed by atoms with Crippen molar-refractivity contribution < 1.29 is 9.53 Å². The Morgan fingerprint density at radius 3 is 2.59 bits per heavy atom. The molecule has 0 atom stereocenters. The topological polar surface area (TPSA) is 50.7 Å². The Balaban J connectivity index is 1.79. The van der Waals surface area contributed by atoms with Crippen LogP contribution in [0.25, 0.3) is 0 Å². The molecule has 29 heavy (non-hydrogen) atoms. The first kappa shape index (κ1) is 21.4. The average Bonchev–Trinajstić information content (AvgIpc) is 3.16. The van der Waals surface area contributed by atoms with Crippen LogP contribution in [-0.4, -0.2) is 18.7 Å². The van der Waals surface area contributed by atoms with Gasteiger partial charge in [0.1, 0.15) is 10.8 Å². The number of carbonyl (C=O) groups is 1. The SMILES string of the molecule is CC(C)COc1ccc(Cl)cc1/C=N/c1sccc1C(=O)Nc1ccc(Cl)cc1. The van der Waals surface area contributed by atoms with Gasteiger partial charge in [-0.05, 0) is 59.8 Å². The van der Waals surface area contributed by atoms with Gasteiger partial charge in [-0.3, -0.25) is 4.79 Å². The van der Waals surface area contributed by atoms with Crippen molar-refractivity contribution in [3.05, 3.63) is 75.1 Å². The molecule has 0 saturated carbocycles. The van der Waals surface area contributed by atoms with Gasteiger partial charge in [0.2, 0.25) is 0 Å². The van der Waals surface area contributed by atoms with Crippen molar-refractivity contribution in [2.24, 2.45) is 10.9 Å². The molecular formula is C22H20Cl2N2O2S. The Kier molecular flexibility index (Phi) is 7.31. The van der Waals surface area contributed by atoms with E-state index in [2.05, 4.69) is 24.2 Å². The van der Waals surface area contributed by atoms with Gasteiger partial charge in [-0.15, -0.1) is 11.3 Å². The zero-order valence-electron chi connectivity index (χ0n) is 16.0. The summed E-state index contributed by atoms with van der Waals surface area (Å²) >= 11 is 13.4. The van der Waals surface area contributed by atoms with Gasteiger partial charge in [0.25, 0.3) is 5.91 Å². The van der Waals surface area contributed by atoms with Crippen LogP contribution >= 0.6 is 34.5 Å². The number of carbonyl (C=O) groups excluding carboxylic acids is 1. The molecule has 1 aromatic heterocycles. The zero-order chi connectivity index (χ0) is 20.8. The maximum atomic E-state index is 12.6. The Morgan fingerprint density at radius 2 is 1.86 bits per heavy atom. The van der Waals surface area contributed by atoms with E-state index in [4.69, 9.17) is 27.9 Å². The highest BCUT2D eigenvalue weighted by Gasteiger charge is 2.13. The molecule has 0 unspecified atom stereocenters. The first-order valence-electron chi connectivity index (χ1n) is 9.03. The molecule has 1 heterocycles. The smallest absolute Gasteiger partial charge is 0.258 e. The number of thiophene rings is 1. The molecule has 0 bridgehead atoms. The van der Waals surface area contributed by atoms with Crippen molar-refractivity contribution in [3.8, 4) is 5.75 Å². The maximum absolute atomic E-state index is 12.6. The summed E-state index contributed by atoms with van der Waals surface area (Å²) < 4.78 is 5.85. The van der Waals surface area contributed by atoms with Crippen molar-refractivity contribution in [1.82, 2.24) is 0 Å². The third kappa shape index (κ3) is 6.07. The quantitative estimate of drug-likeness (QED) is 0.393. The van der Waals surface area contributed by atoms with Gasteiger partial charge in [0.15, 0.2) is 0 Å². The van der Waals surface area contributed by atoms with Crippen molar-refractivity contribution in [1.29, 1.82) is 0 Å². The number of hydrogen-bond acceptors (Lipinski definition) is 4. The summed E-state index contributed by atoms with van der Waals surface area (Å²) in [7, 11) is 0. The van der Waals surface area contributed by atoms with E-state index in [0.29, 0.717) is 44.6 Å². The van der Waals surface area contributed by atoms with Crippen LogP contribution in [0.15, 0.2) is 58.9 Å². The second-order valence-corrected chi connectivity index (χ2v) is 8.51. The minimum Gasteiger partial charge on any atom is -0.493 e. The summed E-state index contributed by atoms with van der Waals surface area (Å²) in [5.41, 5.74) is 1.92. The van der Waals surface area contributed by atoms with E-state index < -0.39 is 0 Å². The summed E-state index contributed by atoms with van der Waals surface area (Å²) in [6.07, 6.45) is 1.67. The van der Waals surface area contributed by atoms with Crippen molar-refractivity contribution in [2.75, 3.05) is 11.9 Å². The molecular weight excluding hydrogens is 427 g/mol. The lowest BCUT2D eigenvalue weighted by atomic mass is 10.2. The fourth-order valence-electron chi connectivity index (χ4n) is 2.44. The molecule has 1 N–H and O–H groups in total. The standard InChI is InChI=1S/C22H20Cl2N2O2S/c1-14(2)13-28-20-8-5-17(24)11-15(20)12-25-22-19(9-10-29-22)21(27)26-18-6-3-16(23)4-7-18/h3-12,14H,13H2,1-2H3,(H,26,27)/b25-12+. The molecule has 7 heteroatoms. The van der Waals surface area contributed by atoms with E-state index in [1.807, 2.05) is 11.4 Å². The molecule has 0 spiro atoms. The van der Waals surface area contributed by atoms with Gasteiger partial charge < -0.3 is 10.1 Å². The van der Waals surface area contributed by atoms with E-state index in [0.717, 1.165) is 5.56 Å². The van der Waals surface area contributed by atoms with Gasteiger partial charge in [-0.25, -0.2) is 4.99 Å². The third-order valence-electron chi connectivity index (χ3n) is 3.86. The normalized spacial score (nSPS) is 11.2. The number of anilines is 1. The van der Waals surface area contributed by atoms with Gasteiger partial charge in [0, 0.05) is 27.5 Å². The lowest BCUT2D eigenvalue weighted by Gasteiger charge is -2.11. The minimum absolute atomic E-state index is 0.233. The fourth-order valence-corrected chi connectivity index (χ4v) is 3.48. The molecule has 4 nitrogen and oxygen atoms in total. The van der Waals surface area contributed by atoms with E-state index in [1.54, 1.807) is 48.7 Å². The molecule has 0 fully saturated rings. The molecule has 3 rings (SSSR count). The number of halogens is 2. The summed E-state index contributed by atoms with van der Waals surface area (Å²) in [5.74, 6) is 0.870. The predicted molar refractivity (Wildman–Crippen MR) is 123 cm³/mol. The molecule has 0 aliphatic heterocycles.